The standard InChI is InChI=1S/C32H23FN4O3/c33-18-13-15-19(16-14-18)37-30(39)27-26-20-7-1-4-10-23(20)32(28(27)31(37)40,24-11-5-2-8-21(24)26)17-35-36-29(38)22-9-3-6-12-25(22)34/h1-17,26-28H,34H2,(H,36,38)/b35-17+. The summed E-state index contributed by atoms with van der Waals surface area (Å²) in [6.45, 7) is 0. The monoisotopic (exact) mass is 530 g/mol. The van der Waals surface area contributed by atoms with E-state index in [0.717, 1.165) is 22.3 Å². The van der Waals surface area contributed by atoms with Crippen molar-refractivity contribution in [1.29, 1.82) is 0 Å². The highest BCUT2D eigenvalue weighted by Gasteiger charge is 2.68. The van der Waals surface area contributed by atoms with Gasteiger partial charge in [0.25, 0.3) is 5.91 Å². The highest BCUT2D eigenvalue weighted by Crippen LogP contribution is 2.63. The fourth-order valence-electron chi connectivity index (χ4n) is 6.85. The van der Waals surface area contributed by atoms with Crippen molar-refractivity contribution in [3.63, 3.8) is 0 Å². The average molecular weight is 531 g/mol. The molecular formula is C32H23FN4O3. The number of carbonyl (C=O) groups excluding carboxylic acids is 3. The molecule has 3 aliphatic carbocycles. The molecule has 3 amide bonds. The van der Waals surface area contributed by atoms with Gasteiger partial charge in [-0.2, -0.15) is 5.10 Å². The van der Waals surface area contributed by atoms with Crippen LogP contribution in [0.4, 0.5) is 15.8 Å². The third kappa shape index (κ3) is 3.16. The second-order valence-electron chi connectivity index (χ2n) is 10.3. The van der Waals surface area contributed by atoms with Crippen LogP contribution in [-0.4, -0.2) is 23.9 Å². The van der Waals surface area contributed by atoms with Crippen molar-refractivity contribution in [1.82, 2.24) is 5.43 Å². The molecule has 1 heterocycles. The number of hydrogen-bond acceptors (Lipinski definition) is 5. The van der Waals surface area contributed by atoms with Gasteiger partial charge >= 0.3 is 0 Å². The van der Waals surface area contributed by atoms with Crippen molar-refractivity contribution in [2.24, 2.45) is 16.9 Å². The number of carbonyl (C=O) groups is 3. The van der Waals surface area contributed by atoms with E-state index >= 15 is 0 Å². The summed E-state index contributed by atoms with van der Waals surface area (Å²) in [5, 5.41) is 4.40. The van der Waals surface area contributed by atoms with Gasteiger partial charge in [0.05, 0.1) is 28.5 Å². The summed E-state index contributed by atoms with van der Waals surface area (Å²) in [5.41, 5.74) is 11.9. The summed E-state index contributed by atoms with van der Waals surface area (Å²) in [5.74, 6) is -3.53. The number of nitrogen functional groups attached to an aromatic ring is 1. The molecule has 196 valence electrons. The van der Waals surface area contributed by atoms with Crippen LogP contribution in [0, 0.1) is 17.7 Å². The van der Waals surface area contributed by atoms with E-state index in [9.17, 15) is 18.8 Å². The number of imide groups is 1. The molecule has 1 fully saturated rings. The summed E-state index contributed by atoms with van der Waals surface area (Å²) in [7, 11) is 0. The molecule has 2 atom stereocenters. The topological polar surface area (TPSA) is 105 Å². The molecule has 0 spiro atoms. The van der Waals surface area contributed by atoms with Crippen LogP contribution in [0.3, 0.4) is 0 Å². The van der Waals surface area contributed by atoms with Crippen molar-refractivity contribution in [3.05, 3.63) is 131 Å². The summed E-state index contributed by atoms with van der Waals surface area (Å²) < 4.78 is 13.7. The average Bonchev–Trinajstić information content (AvgIpc) is 3.24. The molecule has 1 saturated heterocycles. The maximum absolute atomic E-state index is 14.3. The molecule has 0 saturated carbocycles. The number of nitrogens with zero attached hydrogens (tertiary/aromatic N) is 2. The first-order valence-corrected chi connectivity index (χ1v) is 12.9. The lowest BCUT2D eigenvalue weighted by atomic mass is 9.47. The van der Waals surface area contributed by atoms with Gasteiger partial charge in [0.15, 0.2) is 0 Å². The molecule has 2 bridgehead atoms. The Kier molecular flexibility index (Phi) is 5.22. The number of hydrogen-bond donors (Lipinski definition) is 2. The lowest BCUT2D eigenvalue weighted by molar-refractivity contribution is -0.122. The number of nitrogens with two attached hydrogens (primary N) is 1. The highest BCUT2D eigenvalue weighted by molar-refractivity contribution is 6.25. The van der Waals surface area contributed by atoms with Crippen LogP contribution in [0.15, 0.2) is 102 Å². The molecule has 8 heteroatoms. The second-order valence-corrected chi connectivity index (χ2v) is 10.3. The smallest absolute Gasteiger partial charge is 0.273 e. The third-order valence-corrected chi connectivity index (χ3v) is 8.41. The Bertz CT molecular complexity index is 1700. The second kappa shape index (κ2) is 8.71. The molecule has 1 aliphatic heterocycles. The van der Waals surface area contributed by atoms with Gasteiger partial charge in [0, 0.05) is 17.8 Å². The van der Waals surface area contributed by atoms with Gasteiger partial charge in [0.1, 0.15) is 5.82 Å². The van der Waals surface area contributed by atoms with Crippen LogP contribution >= 0.6 is 0 Å². The Morgan fingerprint density at radius 1 is 0.850 bits per heavy atom. The van der Waals surface area contributed by atoms with Crippen molar-refractivity contribution >= 4 is 35.3 Å². The van der Waals surface area contributed by atoms with Gasteiger partial charge in [0.2, 0.25) is 11.8 Å². The molecule has 8 rings (SSSR count). The minimum atomic E-state index is -1.14. The zero-order valence-electron chi connectivity index (χ0n) is 21.1. The van der Waals surface area contributed by atoms with Gasteiger partial charge in [-0.05, 0) is 58.7 Å². The van der Waals surface area contributed by atoms with Gasteiger partial charge in [-0.1, -0.05) is 60.7 Å². The zero-order chi connectivity index (χ0) is 27.6. The molecule has 0 aromatic heterocycles. The number of hydrazone groups is 1. The summed E-state index contributed by atoms with van der Waals surface area (Å²) in [6, 6.07) is 27.5. The number of halogens is 1. The van der Waals surface area contributed by atoms with Crippen LogP contribution in [0.2, 0.25) is 0 Å². The van der Waals surface area contributed by atoms with Crippen molar-refractivity contribution in [3.8, 4) is 0 Å². The zero-order valence-corrected chi connectivity index (χ0v) is 21.1. The number of anilines is 2. The normalized spacial score (nSPS) is 24.1. The first-order valence-electron chi connectivity index (χ1n) is 12.9. The largest absolute Gasteiger partial charge is 0.398 e. The molecule has 3 N–H and O–H groups in total. The quantitative estimate of drug-likeness (QED) is 0.177. The van der Waals surface area contributed by atoms with Gasteiger partial charge in [-0.15, -0.1) is 0 Å². The fourth-order valence-corrected chi connectivity index (χ4v) is 6.85. The molecule has 4 aromatic carbocycles. The molecule has 4 aliphatic rings. The fraction of sp³-hybridized carbons (Fsp3) is 0.125. The van der Waals surface area contributed by atoms with Crippen molar-refractivity contribution in [2.75, 3.05) is 10.6 Å². The van der Waals surface area contributed by atoms with E-state index in [4.69, 9.17) is 5.73 Å². The number of amides is 3. The lowest BCUT2D eigenvalue weighted by Gasteiger charge is -2.52. The van der Waals surface area contributed by atoms with Gasteiger partial charge in [-0.25, -0.2) is 14.7 Å². The molecule has 7 nitrogen and oxygen atoms in total. The predicted octanol–water partition coefficient (Wildman–Crippen LogP) is 4.37. The first-order chi connectivity index (χ1) is 19.4. The summed E-state index contributed by atoms with van der Waals surface area (Å²) in [4.78, 5) is 42.5. The predicted molar refractivity (Wildman–Crippen MR) is 148 cm³/mol. The van der Waals surface area contributed by atoms with E-state index < -0.39 is 29.0 Å². The van der Waals surface area contributed by atoms with Gasteiger partial charge in [-0.3, -0.25) is 14.4 Å². The Balaban J connectivity index is 1.41. The number of para-hydroxylation sites is 1. The van der Waals surface area contributed by atoms with Crippen LogP contribution < -0.4 is 16.1 Å². The van der Waals surface area contributed by atoms with Gasteiger partial charge < -0.3 is 5.73 Å². The molecular weight excluding hydrogens is 507 g/mol. The van der Waals surface area contributed by atoms with Crippen LogP contribution in [0.1, 0.15) is 38.5 Å². The minimum Gasteiger partial charge on any atom is -0.398 e. The Labute approximate surface area is 229 Å². The lowest BCUT2D eigenvalue weighted by Crippen LogP contribution is -2.54. The maximum atomic E-state index is 14.3. The summed E-state index contributed by atoms with van der Waals surface area (Å²) >= 11 is 0. The van der Waals surface area contributed by atoms with E-state index in [1.807, 2.05) is 48.5 Å². The third-order valence-electron chi connectivity index (χ3n) is 8.41. The van der Waals surface area contributed by atoms with E-state index in [0.29, 0.717) is 11.4 Å². The molecule has 40 heavy (non-hydrogen) atoms. The SMILES string of the molecule is Nc1ccccc1C(=O)N/N=C/C12c3ccccc3C(c3ccccc31)C1C(=O)N(c3ccc(F)cc3)C(=O)C12. The van der Waals surface area contributed by atoms with Crippen molar-refractivity contribution in [2.45, 2.75) is 11.3 Å². The Hall–Kier alpha value is -5.11. The number of benzene rings is 4. The van der Waals surface area contributed by atoms with E-state index in [1.54, 1.807) is 30.5 Å². The van der Waals surface area contributed by atoms with E-state index in [2.05, 4.69) is 10.5 Å². The first kappa shape index (κ1) is 24.0. The van der Waals surface area contributed by atoms with Crippen LogP contribution in [0.5, 0.6) is 0 Å². The van der Waals surface area contributed by atoms with E-state index in [-0.39, 0.29) is 23.3 Å². The van der Waals surface area contributed by atoms with E-state index in [1.165, 1.54) is 29.2 Å². The summed E-state index contributed by atoms with van der Waals surface area (Å²) in [6.07, 6.45) is 1.59. The van der Waals surface area contributed by atoms with Crippen LogP contribution in [0.25, 0.3) is 0 Å². The van der Waals surface area contributed by atoms with Crippen LogP contribution in [-0.2, 0) is 15.0 Å². The highest BCUT2D eigenvalue weighted by atomic mass is 19.1. The molecule has 2 unspecified atom stereocenters. The minimum absolute atomic E-state index is 0.276. The molecule has 0 radical (unpaired) electrons. The van der Waals surface area contributed by atoms with Crippen molar-refractivity contribution < 1.29 is 18.8 Å². The number of rotatable bonds is 4. The molecule has 4 aromatic rings. The Morgan fingerprint density at radius 2 is 1.45 bits per heavy atom. The Morgan fingerprint density at radius 3 is 2.10 bits per heavy atom. The number of nitrogens with one attached hydrogen (secondary N) is 1. The maximum Gasteiger partial charge on any atom is 0.273 e.